The summed E-state index contributed by atoms with van der Waals surface area (Å²) in [5.74, 6) is 0.201. The lowest BCUT2D eigenvalue weighted by molar-refractivity contribution is -0.122. The number of carbonyl (C=O) groups is 2. The Morgan fingerprint density at radius 3 is 2.72 bits per heavy atom. The first-order valence-corrected chi connectivity index (χ1v) is 13.5. The van der Waals surface area contributed by atoms with E-state index in [1.54, 1.807) is 31.7 Å². The third kappa shape index (κ3) is 4.18. The van der Waals surface area contributed by atoms with E-state index in [4.69, 9.17) is 0 Å². The molecule has 0 spiro atoms. The average Bonchev–Trinajstić information content (AvgIpc) is 3.65. The van der Waals surface area contributed by atoms with Gasteiger partial charge in [-0.3, -0.25) is 24.7 Å². The summed E-state index contributed by atoms with van der Waals surface area (Å²) in [5, 5.41) is 12.5. The van der Waals surface area contributed by atoms with Crippen LogP contribution in [0.3, 0.4) is 0 Å². The van der Waals surface area contributed by atoms with Crippen LogP contribution in [0.25, 0.3) is 55.0 Å². The highest BCUT2D eigenvalue weighted by Gasteiger charge is 2.25. The number of Topliss-reactive ketones (excluding diaryl/α,β-unsaturated/α-hetero) is 1. The SMILES string of the molecule is CC(=O)c1ccc(-c2ccnc3[nH]c(-c4n[nH]c5cnc(-c6cncc(NC(=O)C7CCC7)c6)cc45)cc23)s1. The third-order valence-electron chi connectivity index (χ3n) is 7.23. The summed E-state index contributed by atoms with van der Waals surface area (Å²) in [6, 6.07) is 11.7. The Morgan fingerprint density at radius 1 is 1.03 bits per heavy atom. The molecular weight excluding hydrogens is 510 g/mol. The van der Waals surface area contributed by atoms with Gasteiger partial charge in [0.25, 0.3) is 0 Å². The number of fused-ring (bicyclic) bond motifs is 2. The van der Waals surface area contributed by atoms with Crippen molar-refractivity contribution in [1.82, 2.24) is 30.1 Å². The molecule has 1 aliphatic rings. The number of hydrogen-bond acceptors (Lipinski definition) is 7. The largest absolute Gasteiger partial charge is 0.338 e. The van der Waals surface area contributed by atoms with Crippen LogP contribution in [-0.4, -0.2) is 41.8 Å². The van der Waals surface area contributed by atoms with E-state index < -0.39 is 0 Å². The summed E-state index contributed by atoms with van der Waals surface area (Å²) in [6.07, 6.45) is 9.90. The maximum atomic E-state index is 12.4. The van der Waals surface area contributed by atoms with Crippen LogP contribution in [-0.2, 0) is 4.79 Å². The van der Waals surface area contributed by atoms with Crippen LogP contribution in [0.4, 0.5) is 5.69 Å². The molecule has 1 aliphatic carbocycles. The number of nitrogens with one attached hydrogen (secondary N) is 3. The van der Waals surface area contributed by atoms with Crippen molar-refractivity contribution in [1.29, 1.82) is 0 Å². The van der Waals surface area contributed by atoms with Gasteiger partial charge >= 0.3 is 0 Å². The summed E-state index contributed by atoms with van der Waals surface area (Å²) < 4.78 is 0. The second kappa shape index (κ2) is 9.25. The van der Waals surface area contributed by atoms with E-state index in [-0.39, 0.29) is 17.6 Å². The van der Waals surface area contributed by atoms with Gasteiger partial charge in [-0.1, -0.05) is 6.42 Å². The van der Waals surface area contributed by atoms with Gasteiger partial charge in [-0.05, 0) is 56.2 Å². The molecule has 0 saturated heterocycles. The van der Waals surface area contributed by atoms with Crippen molar-refractivity contribution in [2.24, 2.45) is 5.92 Å². The number of H-pyrrole nitrogens is 2. The van der Waals surface area contributed by atoms with Crippen molar-refractivity contribution in [3.63, 3.8) is 0 Å². The number of carbonyl (C=O) groups excluding carboxylic acids is 2. The Hall–Kier alpha value is -4.70. The number of rotatable bonds is 6. The van der Waals surface area contributed by atoms with Gasteiger partial charge in [0.1, 0.15) is 11.3 Å². The summed E-state index contributed by atoms with van der Waals surface area (Å²) in [5.41, 5.74) is 6.30. The molecule has 39 heavy (non-hydrogen) atoms. The van der Waals surface area contributed by atoms with E-state index in [0.717, 1.165) is 79.2 Å². The summed E-state index contributed by atoms with van der Waals surface area (Å²) >= 11 is 1.48. The maximum absolute atomic E-state index is 12.4. The molecule has 7 rings (SSSR count). The Labute approximate surface area is 226 Å². The lowest BCUT2D eigenvalue weighted by Crippen LogP contribution is -2.28. The quantitative estimate of drug-likeness (QED) is 0.218. The fourth-order valence-electron chi connectivity index (χ4n) is 4.88. The molecule has 0 radical (unpaired) electrons. The molecule has 0 unspecified atom stereocenters. The number of pyridine rings is 3. The van der Waals surface area contributed by atoms with Crippen molar-refractivity contribution in [2.75, 3.05) is 5.32 Å². The highest BCUT2D eigenvalue weighted by atomic mass is 32.1. The molecule has 0 bridgehead atoms. The number of hydrogen-bond donors (Lipinski definition) is 3. The molecule has 0 aromatic carbocycles. The van der Waals surface area contributed by atoms with E-state index in [1.165, 1.54) is 11.3 Å². The highest BCUT2D eigenvalue weighted by Crippen LogP contribution is 2.37. The molecule has 1 fully saturated rings. The standard InChI is InChI=1S/C29H23N7O2S/c1-15(37)25-5-6-26(39-25)19-7-8-31-28-20(19)10-23(34-28)27-21-11-22(32-14-24(21)35-36-27)17-9-18(13-30-12-17)33-29(38)16-3-2-4-16/h5-14,16H,2-4H2,1H3,(H,31,34)(H,33,38)(H,35,36). The monoisotopic (exact) mass is 533 g/mol. The van der Waals surface area contributed by atoms with Crippen LogP contribution in [0.15, 0.2) is 61.2 Å². The first-order valence-electron chi connectivity index (χ1n) is 12.7. The Balaban J connectivity index is 1.25. The molecule has 0 aliphatic heterocycles. The van der Waals surface area contributed by atoms with Gasteiger partial charge in [-0.15, -0.1) is 11.3 Å². The number of nitrogens with zero attached hydrogens (tertiary/aromatic N) is 4. The van der Waals surface area contributed by atoms with Crippen LogP contribution in [0.1, 0.15) is 35.9 Å². The first-order chi connectivity index (χ1) is 19.0. The fourth-order valence-corrected chi connectivity index (χ4v) is 5.83. The molecule has 1 saturated carbocycles. The number of amides is 1. The van der Waals surface area contributed by atoms with E-state index in [1.807, 2.05) is 36.4 Å². The molecule has 6 aromatic rings. The molecule has 10 heteroatoms. The van der Waals surface area contributed by atoms with Gasteiger partial charge in [0.15, 0.2) is 5.78 Å². The van der Waals surface area contributed by atoms with E-state index >= 15 is 0 Å². The van der Waals surface area contributed by atoms with Crippen LogP contribution >= 0.6 is 11.3 Å². The smallest absolute Gasteiger partial charge is 0.227 e. The summed E-state index contributed by atoms with van der Waals surface area (Å²) in [7, 11) is 0. The molecule has 1 amide bonds. The van der Waals surface area contributed by atoms with Gasteiger partial charge in [0, 0.05) is 45.1 Å². The zero-order valence-corrected chi connectivity index (χ0v) is 21.8. The lowest BCUT2D eigenvalue weighted by atomic mass is 9.85. The molecule has 6 aromatic heterocycles. The maximum Gasteiger partial charge on any atom is 0.227 e. The van der Waals surface area contributed by atoms with E-state index in [2.05, 4.69) is 35.5 Å². The fraction of sp³-hybridized carbons (Fsp3) is 0.172. The number of anilines is 1. The van der Waals surface area contributed by atoms with Crippen molar-refractivity contribution in [3.8, 4) is 33.1 Å². The molecular formula is C29H23N7O2S. The molecule has 3 N–H and O–H groups in total. The average molecular weight is 534 g/mol. The van der Waals surface area contributed by atoms with E-state index in [0.29, 0.717) is 5.69 Å². The van der Waals surface area contributed by atoms with Crippen LogP contribution in [0.5, 0.6) is 0 Å². The second-order valence-electron chi connectivity index (χ2n) is 9.79. The van der Waals surface area contributed by atoms with Crippen molar-refractivity contribution < 1.29 is 9.59 Å². The predicted octanol–water partition coefficient (Wildman–Crippen LogP) is 6.23. The molecule has 192 valence electrons. The van der Waals surface area contributed by atoms with Gasteiger partial charge < -0.3 is 10.3 Å². The topological polar surface area (TPSA) is 129 Å². The zero-order valence-electron chi connectivity index (χ0n) is 21.0. The normalized spacial score (nSPS) is 13.6. The van der Waals surface area contributed by atoms with Gasteiger partial charge in [0.05, 0.1) is 39.9 Å². The van der Waals surface area contributed by atoms with Gasteiger partial charge in [0.2, 0.25) is 5.91 Å². The zero-order chi connectivity index (χ0) is 26.5. The van der Waals surface area contributed by atoms with Gasteiger partial charge in [-0.25, -0.2) is 4.98 Å². The second-order valence-corrected chi connectivity index (χ2v) is 10.9. The number of ketones is 1. The lowest BCUT2D eigenvalue weighted by Gasteiger charge is -2.24. The predicted molar refractivity (Wildman–Crippen MR) is 151 cm³/mol. The van der Waals surface area contributed by atoms with Crippen molar-refractivity contribution >= 4 is 50.7 Å². The number of aromatic nitrogens is 6. The minimum absolute atomic E-state index is 0.0487. The van der Waals surface area contributed by atoms with Crippen molar-refractivity contribution in [3.05, 3.63) is 66.1 Å². The minimum atomic E-state index is 0.0487. The Kier molecular flexibility index (Phi) is 5.55. The van der Waals surface area contributed by atoms with Crippen LogP contribution in [0, 0.1) is 5.92 Å². The minimum Gasteiger partial charge on any atom is -0.338 e. The number of thiophene rings is 1. The first kappa shape index (κ1) is 23.4. The summed E-state index contributed by atoms with van der Waals surface area (Å²) in [4.78, 5) is 42.9. The Morgan fingerprint density at radius 2 is 1.92 bits per heavy atom. The summed E-state index contributed by atoms with van der Waals surface area (Å²) in [6.45, 7) is 1.58. The van der Waals surface area contributed by atoms with Crippen LogP contribution < -0.4 is 5.32 Å². The van der Waals surface area contributed by atoms with Gasteiger partial charge in [-0.2, -0.15) is 5.10 Å². The molecule has 0 atom stereocenters. The third-order valence-corrected chi connectivity index (χ3v) is 8.45. The molecule has 9 nitrogen and oxygen atoms in total. The van der Waals surface area contributed by atoms with E-state index in [9.17, 15) is 9.59 Å². The highest BCUT2D eigenvalue weighted by molar-refractivity contribution is 7.17. The Bertz CT molecular complexity index is 1900. The molecule has 6 heterocycles. The van der Waals surface area contributed by atoms with Crippen molar-refractivity contribution in [2.45, 2.75) is 26.2 Å². The van der Waals surface area contributed by atoms with Crippen LogP contribution in [0.2, 0.25) is 0 Å². The number of aromatic amines is 2.